The second-order valence-corrected chi connectivity index (χ2v) is 9.07. The predicted molar refractivity (Wildman–Crippen MR) is 136 cm³/mol. The Bertz CT molecular complexity index is 1290. The van der Waals surface area contributed by atoms with Gasteiger partial charge in [-0.05, 0) is 66.4 Å². The lowest BCUT2D eigenvalue weighted by Gasteiger charge is -2.31. The van der Waals surface area contributed by atoms with Gasteiger partial charge in [0.2, 0.25) is 11.8 Å². The van der Waals surface area contributed by atoms with Crippen LogP contribution in [0.3, 0.4) is 0 Å². The number of amides is 2. The Morgan fingerprint density at radius 3 is 2.46 bits per heavy atom. The number of aromatic nitrogens is 4. The number of anilines is 1. The highest BCUT2D eigenvalue weighted by Gasteiger charge is 2.33. The summed E-state index contributed by atoms with van der Waals surface area (Å²) >= 11 is 6.12. The van der Waals surface area contributed by atoms with Crippen molar-refractivity contribution < 1.29 is 9.59 Å². The van der Waals surface area contributed by atoms with Gasteiger partial charge in [0.25, 0.3) is 0 Å². The van der Waals surface area contributed by atoms with Crippen LogP contribution < -0.4 is 10.2 Å². The molecule has 4 rings (SSSR count). The highest BCUT2D eigenvalue weighted by atomic mass is 35.5. The van der Waals surface area contributed by atoms with E-state index in [0.717, 1.165) is 11.9 Å². The fourth-order valence-corrected chi connectivity index (χ4v) is 3.95. The average molecular weight is 491 g/mol. The minimum absolute atomic E-state index is 0.0933. The van der Waals surface area contributed by atoms with Gasteiger partial charge in [0, 0.05) is 29.6 Å². The average Bonchev–Trinajstić information content (AvgIpc) is 3.26. The first-order valence-corrected chi connectivity index (χ1v) is 11.9. The third kappa shape index (κ3) is 5.84. The van der Waals surface area contributed by atoms with Gasteiger partial charge < -0.3 is 5.32 Å². The SMILES string of the molecule is CC(C)CCNC(=O)C(c1ccncc1)N(C(=O)Cn1nnc2ccccc21)c1ccc(Cl)cc1. The number of hydrogen-bond acceptors (Lipinski definition) is 5. The number of rotatable bonds is 9. The van der Waals surface area contributed by atoms with Crippen LogP contribution in [-0.4, -0.2) is 38.3 Å². The van der Waals surface area contributed by atoms with E-state index < -0.39 is 6.04 Å². The molecule has 2 aromatic heterocycles. The van der Waals surface area contributed by atoms with E-state index in [2.05, 4.69) is 34.5 Å². The Balaban J connectivity index is 1.73. The van der Waals surface area contributed by atoms with E-state index in [9.17, 15) is 9.59 Å². The maximum atomic E-state index is 13.8. The van der Waals surface area contributed by atoms with Crippen LogP contribution in [0.2, 0.25) is 5.02 Å². The zero-order chi connectivity index (χ0) is 24.8. The van der Waals surface area contributed by atoms with Crippen molar-refractivity contribution >= 4 is 40.1 Å². The molecule has 0 radical (unpaired) electrons. The molecule has 2 heterocycles. The summed E-state index contributed by atoms with van der Waals surface area (Å²) < 4.78 is 1.54. The highest BCUT2D eigenvalue weighted by molar-refractivity contribution is 6.30. The van der Waals surface area contributed by atoms with Gasteiger partial charge >= 0.3 is 0 Å². The Morgan fingerprint density at radius 2 is 1.74 bits per heavy atom. The molecule has 35 heavy (non-hydrogen) atoms. The molecule has 1 unspecified atom stereocenters. The number of carbonyl (C=O) groups is 2. The summed E-state index contributed by atoms with van der Waals surface area (Å²) in [4.78, 5) is 33.0. The van der Waals surface area contributed by atoms with Crippen molar-refractivity contribution in [3.05, 3.63) is 83.6 Å². The summed E-state index contributed by atoms with van der Waals surface area (Å²) in [7, 11) is 0. The van der Waals surface area contributed by atoms with Gasteiger partial charge in [-0.3, -0.25) is 19.5 Å². The fraction of sp³-hybridized carbons (Fsp3) is 0.269. The molecule has 0 aliphatic heterocycles. The lowest BCUT2D eigenvalue weighted by Crippen LogP contribution is -2.45. The molecule has 1 N–H and O–H groups in total. The smallest absolute Gasteiger partial charge is 0.249 e. The number of benzene rings is 2. The van der Waals surface area contributed by atoms with Crippen molar-refractivity contribution in [2.24, 2.45) is 5.92 Å². The predicted octanol–water partition coefficient (Wildman–Crippen LogP) is 4.42. The maximum absolute atomic E-state index is 13.8. The van der Waals surface area contributed by atoms with Gasteiger partial charge in [-0.25, -0.2) is 4.68 Å². The van der Waals surface area contributed by atoms with E-state index in [1.54, 1.807) is 53.5 Å². The Labute approximate surface area is 208 Å². The Morgan fingerprint density at radius 1 is 1.03 bits per heavy atom. The number of nitrogens with zero attached hydrogens (tertiary/aromatic N) is 5. The van der Waals surface area contributed by atoms with Gasteiger partial charge in [0.15, 0.2) is 0 Å². The summed E-state index contributed by atoms with van der Waals surface area (Å²) in [5, 5.41) is 11.8. The number of nitrogens with one attached hydrogen (secondary N) is 1. The molecule has 0 fully saturated rings. The van der Waals surface area contributed by atoms with E-state index in [1.165, 1.54) is 4.90 Å². The van der Waals surface area contributed by atoms with Crippen LogP contribution in [0.25, 0.3) is 11.0 Å². The van der Waals surface area contributed by atoms with Crippen LogP contribution in [0, 0.1) is 5.92 Å². The van der Waals surface area contributed by atoms with Gasteiger partial charge in [-0.15, -0.1) is 5.10 Å². The standard InChI is InChI=1S/C26H27ClN6O2/c1-18(2)11-16-29-26(35)25(19-12-14-28-15-13-19)33(21-9-7-20(27)8-10-21)24(34)17-32-23-6-4-3-5-22(23)30-31-32/h3-10,12-15,18,25H,11,16-17H2,1-2H3,(H,29,35). The van der Waals surface area contributed by atoms with Crippen LogP contribution >= 0.6 is 11.6 Å². The monoisotopic (exact) mass is 490 g/mol. The number of halogens is 1. The van der Waals surface area contributed by atoms with Crippen molar-refractivity contribution in [3.63, 3.8) is 0 Å². The molecule has 4 aromatic rings. The Kier molecular flexibility index (Phi) is 7.72. The molecule has 9 heteroatoms. The summed E-state index contributed by atoms with van der Waals surface area (Å²) in [6.07, 6.45) is 4.05. The quantitative estimate of drug-likeness (QED) is 0.375. The Hall–Kier alpha value is -3.78. The lowest BCUT2D eigenvalue weighted by atomic mass is 10.0. The molecule has 0 aliphatic carbocycles. The third-order valence-electron chi connectivity index (χ3n) is 5.63. The van der Waals surface area contributed by atoms with Gasteiger partial charge in [0.05, 0.1) is 5.52 Å². The molecule has 0 spiro atoms. The number of hydrogen-bond donors (Lipinski definition) is 1. The molecule has 180 valence electrons. The summed E-state index contributed by atoms with van der Waals surface area (Å²) in [5.74, 6) is -0.156. The maximum Gasteiger partial charge on any atom is 0.249 e. The molecule has 8 nitrogen and oxygen atoms in total. The molecule has 0 aliphatic rings. The van der Waals surface area contributed by atoms with Crippen LogP contribution in [0.15, 0.2) is 73.1 Å². The minimum Gasteiger partial charge on any atom is -0.354 e. The second-order valence-electron chi connectivity index (χ2n) is 8.63. The number of pyridine rings is 1. The summed E-state index contributed by atoms with van der Waals surface area (Å²) in [5.41, 5.74) is 2.62. The zero-order valence-corrected chi connectivity index (χ0v) is 20.4. The number of para-hydroxylation sites is 1. The van der Waals surface area contributed by atoms with Gasteiger partial charge in [-0.2, -0.15) is 0 Å². The first kappa shape index (κ1) is 24.3. The van der Waals surface area contributed by atoms with E-state index in [-0.39, 0.29) is 18.4 Å². The first-order chi connectivity index (χ1) is 16.9. The minimum atomic E-state index is -0.909. The van der Waals surface area contributed by atoms with Crippen molar-refractivity contribution in [2.45, 2.75) is 32.9 Å². The van der Waals surface area contributed by atoms with Gasteiger partial charge in [-0.1, -0.05) is 42.8 Å². The third-order valence-corrected chi connectivity index (χ3v) is 5.88. The van der Waals surface area contributed by atoms with E-state index >= 15 is 0 Å². The van der Waals surface area contributed by atoms with Crippen molar-refractivity contribution in [1.29, 1.82) is 0 Å². The first-order valence-electron chi connectivity index (χ1n) is 11.5. The summed E-state index contributed by atoms with van der Waals surface area (Å²) in [6.45, 7) is 4.61. The van der Waals surface area contributed by atoms with Crippen LogP contribution in [0.5, 0.6) is 0 Å². The topological polar surface area (TPSA) is 93.0 Å². The van der Waals surface area contributed by atoms with Crippen LogP contribution in [0.1, 0.15) is 31.9 Å². The van der Waals surface area contributed by atoms with E-state index in [0.29, 0.717) is 34.3 Å². The summed E-state index contributed by atoms with van der Waals surface area (Å²) in [6, 6.07) is 16.9. The number of fused-ring (bicyclic) bond motifs is 1. The molecular formula is C26H27ClN6O2. The molecule has 2 amide bonds. The normalized spacial score (nSPS) is 12.0. The second kappa shape index (κ2) is 11.1. The molecule has 0 bridgehead atoms. The van der Waals surface area contributed by atoms with Gasteiger partial charge in [0.1, 0.15) is 18.1 Å². The fourth-order valence-electron chi connectivity index (χ4n) is 3.82. The highest BCUT2D eigenvalue weighted by Crippen LogP contribution is 2.29. The molecular weight excluding hydrogens is 464 g/mol. The lowest BCUT2D eigenvalue weighted by molar-refractivity contribution is -0.127. The van der Waals surface area contributed by atoms with E-state index in [4.69, 9.17) is 11.6 Å². The van der Waals surface area contributed by atoms with Crippen molar-refractivity contribution in [1.82, 2.24) is 25.3 Å². The molecule has 0 saturated carbocycles. The zero-order valence-electron chi connectivity index (χ0n) is 19.6. The molecule has 1 atom stereocenters. The molecule has 0 saturated heterocycles. The van der Waals surface area contributed by atoms with Crippen molar-refractivity contribution in [3.8, 4) is 0 Å². The van der Waals surface area contributed by atoms with Crippen LogP contribution in [-0.2, 0) is 16.1 Å². The number of carbonyl (C=O) groups excluding carboxylic acids is 2. The largest absolute Gasteiger partial charge is 0.354 e. The van der Waals surface area contributed by atoms with Crippen molar-refractivity contribution in [2.75, 3.05) is 11.4 Å². The van der Waals surface area contributed by atoms with Crippen LogP contribution in [0.4, 0.5) is 5.69 Å². The van der Waals surface area contributed by atoms with E-state index in [1.807, 2.05) is 24.3 Å². The molecule has 2 aromatic carbocycles.